The van der Waals surface area contributed by atoms with Crippen molar-refractivity contribution in [2.24, 2.45) is 0 Å². The normalized spacial score (nSPS) is 10.3. The number of hydrogen-bond acceptors (Lipinski definition) is 3. The number of rotatable bonds is 4. The third-order valence-electron chi connectivity index (χ3n) is 2.71. The molecule has 0 saturated heterocycles. The van der Waals surface area contributed by atoms with Crippen LogP contribution in [0.5, 0.6) is 5.75 Å². The molecule has 0 N–H and O–H groups in total. The molecule has 4 nitrogen and oxygen atoms in total. The van der Waals surface area contributed by atoms with Gasteiger partial charge >= 0.3 is 0 Å². The molecule has 19 heavy (non-hydrogen) atoms. The standard InChI is InChI=1S/C14H14BrNO3/c1-16(9-10-7-8-13(15)19-10)14(17)11-5-3-4-6-12(11)18-2/h3-8H,9H2,1-2H3. The first-order chi connectivity index (χ1) is 9.11. The number of halogens is 1. The van der Waals surface area contributed by atoms with E-state index in [9.17, 15) is 4.79 Å². The van der Waals surface area contributed by atoms with Gasteiger partial charge in [-0.1, -0.05) is 12.1 Å². The van der Waals surface area contributed by atoms with Crippen LogP contribution in [0.15, 0.2) is 45.5 Å². The Bertz CT molecular complexity index is 580. The van der Waals surface area contributed by atoms with Crippen LogP contribution in [0.25, 0.3) is 0 Å². The molecule has 2 rings (SSSR count). The molecular weight excluding hydrogens is 310 g/mol. The van der Waals surface area contributed by atoms with Gasteiger partial charge in [0.15, 0.2) is 4.67 Å². The van der Waals surface area contributed by atoms with Gasteiger partial charge in [0.25, 0.3) is 5.91 Å². The molecule has 1 heterocycles. The van der Waals surface area contributed by atoms with Crippen LogP contribution in [-0.2, 0) is 6.54 Å². The average Bonchev–Trinajstić information content (AvgIpc) is 2.83. The van der Waals surface area contributed by atoms with Crippen molar-refractivity contribution in [3.05, 3.63) is 52.4 Å². The highest BCUT2D eigenvalue weighted by Crippen LogP contribution is 2.20. The number of hydrogen-bond donors (Lipinski definition) is 0. The Balaban J connectivity index is 2.14. The lowest BCUT2D eigenvalue weighted by Crippen LogP contribution is -2.26. The zero-order valence-electron chi connectivity index (χ0n) is 10.7. The van der Waals surface area contributed by atoms with Crippen molar-refractivity contribution in [3.8, 4) is 5.75 Å². The van der Waals surface area contributed by atoms with Gasteiger partial charge in [0, 0.05) is 7.05 Å². The molecule has 1 amide bonds. The van der Waals surface area contributed by atoms with E-state index < -0.39 is 0 Å². The van der Waals surface area contributed by atoms with Gasteiger partial charge in [-0.2, -0.15) is 0 Å². The number of carbonyl (C=O) groups excluding carboxylic acids is 1. The number of furan rings is 1. The van der Waals surface area contributed by atoms with Crippen molar-refractivity contribution >= 4 is 21.8 Å². The number of nitrogens with zero attached hydrogens (tertiary/aromatic N) is 1. The Morgan fingerprint density at radius 3 is 2.68 bits per heavy atom. The second-order valence-corrected chi connectivity index (χ2v) is 4.85. The lowest BCUT2D eigenvalue weighted by Gasteiger charge is -2.17. The molecule has 0 radical (unpaired) electrons. The summed E-state index contributed by atoms with van der Waals surface area (Å²) in [7, 11) is 3.28. The minimum atomic E-state index is -0.107. The van der Waals surface area contributed by atoms with E-state index in [1.54, 1.807) is 37.3 Å². The summed E-state index contributed by atoms with van der Waals surface area (Å²) in [6.45, 7) is 0.405. The highest BCUT2D eigenvalue weighted by molar-refractivity contribution is 9.10. The van der Waals surface area contributed by atoms with E-state index in [1.807, 2.05) is 18.2 Å². The summed E-state index contributed by atoms with van der Waals surface area (Å²) in [5, 5.41) is 0. The van der Waals surface area contributed by atoms with E-state index in [1.165, 1.54) is 0 Å². The predicted molar refractivity (Wildman–Crippen MR) is 75.2 cm³/mol. The molecule has 0 unspecified atom stereocenters. The summed E-state index contributed by atoms with van der Waals surface area (Å²) >= 11 is 3.24. The molecule has 0 aliphatic rings. The molecule has 0 bridgehead atoms. The van der Waals surface area contributed by atoms with Crippen LogP contribution in [0.1, 0.15) is 16.1 Å². The van der Waals surface area contributed by atoms with E-state index >= 15 is 0 Å². The number of methoxy groups -OCH3 is 1. The fourth-order valence-electron chi connectivity index (χ4n) is 1.77. The number of benzene rings is 1. The topological polar surface area (TPSA) is 42.7 Å². The molecule has 0 spiro atoms. The molecule has 2 aromatic rings. The first-order valence-corrected chi connectivity index (χ1v) is 6.54. The van der Waals surface area contributed by atoms with E-state index in [-0.39, 0.29) is 5.91 Å². The number of ether oxygens (including phenoxy) is 1. The number of amides is 1. The average molecular weight is 324 g/mol. The lowest BCUT2D eigenvalue weighted by atomic mass is 10.1. The number of carbonyl (C=O) groups is 1. The van der Waals surface area contributed by atoms with Gasteiger partial charge in [0.2, 0.25) is 0 Å². The van der Waals surface area contributed by atoms with Crippen LogP contribution in [0.2, 0.25) is 0 Å². The van der Waals surface area contributed by atoms with Gasteiger partial charge in [-0.25, -0.2) is 0 Å². The molecule has 0 saturated carbocycles. The number of para-hydroxylation sites is 1. The van der Waals surface area contributed by atoms with E-state index in [0.29, 0.717) is 22.5 Å². The Kier molecular flexibility index (Phi) is 4.27. The molecule has 1 aromatic heterocycles. The molecule has 0 atom stereocenters. The molecule has 100 valence electrons. The Morgan fingerprint density at radius 1 is 1.32 bits per heavy atom. The van der Waals surface area contributed by atoms with Crippen molar-refractivity contribution in [1.29, 1.82) is 0 Å². The predicted octanol–water partition coefficient (Wildman–Crippen LogP) is 3.32. The molecule has 0 aliphatic carbocycles. The fourth-order valence-corrected chi connectivity index (χ4v) is 2.11. The summed E-state index contributed by atoms with van der Waals surface area (Å²) in [5.74, 6) is 1.18. The van der Waals surface area contributed by atoms with Gasteiger partial charge in [0.1, 0.15) is 11.5 Å². The van der Waals surface area contributed by atoms with Gasteiger partial charge in [-0.3, -0.25) is 4.79 Å². The second kappa shape index (κ2) is 5.93. The summed E-state index contributed by atoms with van der Waals surface area (Å²) in [5.41, 5.74) is 0.540. The van der Waals surface area contributed by atoms with Crippen LogP contribution < -0.4 is 4.74 Å². The van der Waals surface area contributed by atoms with Crippen molar-refractivity contribution in [1.82, 2.24) is 4.90 Å². The van der Waals surface area contributed by atoms with Crippen molar-refractivity contribution < 1.29 is 13.9 Å². The Labute approximate surface area is 120 Å². The second-order valence-electron chi connectivity index (χ2n) is 4.07. The quantitative estimate of drug-likeness (QED) is 0.866. The maximum Gasteiger partial charge on any atom is 0.257 e. The summed E-state index contributed by atoms with van der Waals surface area (Å²) in [4.78, 5) is 13.9. The summed E-state index contributed by atoms with van der Waals surface area (Å²) in [6, 6.07) is 10.8. The largest absolute Gasteiger partial charge is 0.496 e. The molecule has 0 aliphatic heterocycles. The van der Waals surface area contributed by atoms with E-state index in [2.05, 4.69) is 15.9 Å². The van der Waals surface area contributed by atoms with Crippen molar-refractivity contribution in [2.75, 3.05) is 14.2 Å². The summed E-state index contributed by atoms with van der Waals surface area (Å²) in [6.07, 6.45) is 0. The van der Waals surface area contributed by atoms with E-state index in [4.69, 9.17) is 9.15 Å². The van der Waals surface area contributed by atoms with Crippen LogP contribution in [0.3, 0.4) is 0 Å². The molecule has 1 aromatic carbocycles. The van der Waals surface area contributed by atoms with Gasteiger partial charge in [0.05, 0.1) is 19.2 Å². The highest BCUT2D eigenvalue weighted by atomic mass is 79.9. The lowest BCUT2D eigenvalue weighted by molar-refractivity contribution is 0.0771. The minimum Gasteiger partial charge on any atom is -0.496 e. The van der Waals surface area contributed by atoms with Crippen LogP contribution >= 0.6 is 15.9 Å². The first kappa shape index (κ1) is 13.7. The Morgan fingerprint density at radius 2 is 2.05 bits per heavy atom. The zero-order chi connectivity index (χ0) is 13.8. The van der Waals surface area contributed by atoms with Gasteiger partial charge in [-0.05, 0) is 40.2 Å². The van der Waals surface area contributed by atoms with Crippen LogP contribution in [0.4, 0.5) is 0 Å². The van der Waals surface area contributed by atoms with Crippen molar-refractivity contribution in [2.45, 2.75) is 6.54 Å². The third kappa shape index (κ3) is 3.17. The SMILES string of the molecule is COc1ccccc1C(=O)N(C)Cc1ccc(Br)o1. The third-order valence-corrected chi connectivity index (χ3v) is 3.13. The summed E-state index contributed by atoms with van der Waals surface area (Å²) < 4.78 is 11.2. The highest BCUT2D eigenvalue weighted by Gasteiger charge is 2.17. The maximum atomic E-state index is 12.3. The van der Waals surface area contributed by atoms with Crippen LogP contribution in [0, 0.1) is 0 Å². The molecule has 0 fully saturated rings. The van der Waals surface area contributed by atoms with Crippen molar-refractivity contribution in [3.63, 3.8) is 0 Å². The maximum absolute atomic E-state index is 12.3. The van der Waals surface area contributed by atoms with E-state index in [0.717, 1.165) is 5.76 Å². The minimum absolute atomic E-state index is 0.107. The first-order valence-electron chi connectivity index (χ1n) is 5.74. The Hall–Kier alpha value is -1.75. The molecule has 5 heteroatoms. The zero-order valence-corrected chi connectivity index (χ0v) is 12.3. The van der Waals surface area contributed by atoms with Gasteiger partial charge in [-0.15, -0.1) is 0 Å². The monoisotopic (exact) mass is 323 g/mol. The van der Waals surface area contributed by atoms with Gasteiger partial charge < -0.3 is 14.1 Å². The fraction of sp³-hybridized carbons (Fsp3) is 0.214. The smallest absolute Gasteiger partial charge is 0.257 e. The molecular formula is C14H14BrNO3. The van der Waals surface area contributed by atoms with Crippen LogP contribution in [-0.4, -0.2) is 25.0 Å².